The van der Waals surface area contributed by atoms with Crippen molar-refractivity contribution in [1.82, 2.24) is 10.3 Å². The molecule has 0 saturated carbocycles. The van der Waals surface area contributed by atoms with Crippen LogP contribution in [0.1, 0.15) is 27.9 Å². The second-order valence-electron chi connectivity index (χ2n) is 4.30. The van der Waals surface area contributed by atoms with Gasteiger partial charge in [-0.15, -0.1) is 0 Å². The summed E-state index contributed by atoms with van der Waals surface area (Å²) in [4.78, 5) is 16.0. The number of aromatic nitrogens is 1. The third-order valence-corrected chi connectivity index (χ3v) is 2.96. The summed E-state index contributed by atoms with van der Waals surface area (Å²) < 4.78 is 10.6. The van der Waals surface area contributed by atoms with Crippen LogP contribution in [0.25, 0.3) is 0 Å². The molecule has 2 rings (SSSR count). The molecule has 0 bridgehead atoms. The van der Waals surface area contributed by atoms with Crippen molar-refractivity contribution < 1.29 is 13.9 Å². The van der Waals surface area contributed by atoms with Crippen LogP contribution in [-0.2, 0) is 4.74 Å². The predicted octanol–water partition coefficient (Wildman–Crippen LogP) is 2.75. The van der Waals surface area contributed by atoms with Crippen LogP contribution in [-0.4, -0.2) is 24.6 Å². The normalized spacial score (nSPS) is 12.2. The van der Waals surface area contributed by atoms with Gasteiger partial charge in [0.25, 0.3) is 5.91 Å². The zero-order chi connectivity index (χ0) is 14.5. The Morgan fingerprint density at radius 1 is 1.45 bits per heavy atom. The van der Waals surface area contributed by atoms with Crippen LogP contribution in [0.5, 0.6) is 0 Å². The van der Waals surface area contributed by atoms with Gasteiger partial charge in [0.2, 0.25) is 0 Å². The summed E-state index contributed by atoms with van der Waals surface area (Å²) in [5.74, 6) is 1.17. The molecule has 20 heavy (non-hydrogen) atoms. The second-order valence-corrected chi connectivity index (χ2v) is 4.69. The van der Waals surface area contributed by atoms with Crippen molar-refractivity contribution in [2.45, 2.75) is 13.0 Å². The third-order valence-electron chi connectivity index (χ3n) is 2.73. The number of methoxy groups -OCH3 is 1. The lowest BCUT2D eigenvalue weighted by Gasteiger charge is -2.15. The minimum absolute atomic E-state index is 0.259. The van der Waals surface area contributed by atoms with Gasteiger partial charge in [-0.2, -0.15) is 0 Å². The predicted molar refractivity (Wildman–Crippen MR) is 74.8 cm³/mol. The number of hydrogen-bond acceptors (Lipinski definition) is 4. The molecule has 106 valence electrons. The molecule has 2 aromatic rings. The lowest BCUT2D eigenvalue weighted by molar-refractivity contribution is 0.0882. The largest absolute Gasteiger partial charge is 0.464 e. The van der Waals surface area contributed by atoms with Gasteiger partial charge in [-0.3, -0.25) is 4.79 Å². The van der Waals surface area contributed by atoms with Crippen molar-refractivity contribution in [2.75, 3.05) is 13.7 Å². The number of nitrogens with one attached hydrogen (secondary N) is 1. The molecule has 1 N–H and O–H groups in total. The van der Waals surface area contributed by atoms with Gasteiger partial charge < -0.3 is 14.5 Å². The highest BCUT2D eigenvalue weighted by atomic mass is 35.5. The fraction of sp³-hybridized carbons (Fsp3) is 0.286. The zero-order valence-electron chi connectivity index (χ0n) is 11.2. The molecular weight excluding hydrogens is 280 g/mol. The van der Waals surface area contributed by atoms with Crippen LogP contribution in [0.4, 0.5) is 0 Å². The van der Waals surface area contributed by atoms with Gasteiger partial charge in [-0.05, 0) is 31.2 Å². The highest BCUT2D eigenvalue weighted by Crippen LogP contribution is 2.17. The third kappa shape index (κ3) is 3.59. The molecule has 5 nitrogen and oxygen atoms in total. The molecule has 0 fully saturated rings. The lowest BCUT2D eigenvalue weighted by Crippen LogP contribution is -2.31. The quantitative estimate of drug-likeness (QED) is 0.861. The van der Waals surface area contributed by atoms with E-state index in [1.165, 1.54) is 6.20 Å². The first-order valence-electron chi connectivity index (χ1n) is 6.08. The van der Waals surface area contributed by atoms with Crippen LogP contribution in [0.2, 0.25) is 5.15 Å². The first kappa shape index (κ1) is 14.6. The summed E-state index contributed by atoms with van der Waals surface area (Å²) in [5.41, 5.74) is 0.429. The van der Waals surface area contributed by atoms with Crippen molar-refractivity contribution in [2.24, 2.45) is 0 Å². The zero-order valence-corrected chi connectivity index (χ0v) is 12.0. The van der Waals surface area contributed by atoms with Gasteiger partial charge in [-0.25, -0.2) is 4.98 Å². The van der Waals surface area contributed by atoms with E-state index < -0.39 is 0 Å². The molecule has 0 spiro atoms. The molecule has 0 aliphatic heterocycles. The first-order valence-corrected chi connectivity index (χ1v) is 6.45. The summed E-state index contributed by atoms with van der Waals surface area (Å²) in [6.45, 7) is 2.16. The highest BCUT2D eigenvalue weighted by Gasteiger charge is 2.18. The number of hydrogen-bond donors (Lipinski definition) is 1. The Bertz CT molecular complexity index is 580. The van der Waals surface area contributed by atoms with E-state index in [9.17, 15) is 4.79 Å². The Kier molecular flexibility index (Phi) is 4.76. The maximum Gasteiger partial charge on any atom is 0.253 e. The van der Waals surface area contributed by atoms with Crippen molar-refractivity contribution in [1.29, 1.82) is 0 Å². The van der Waals surface area contributed by atoms with E-state index in [4.69, 9.17) is 20.8 Å². The molecule has 1 atom stereocenters. The fourth-order valence-electron chi connectivity index (χ4n) is 1.75. The average molecular weight is 295 g/mol. The second kappa shape index (κ2) is 6.54. The van der Waals surface area contributed by atoms with Crippen molar-refractivity contribution in [3.63, 3.8) is 0 Å². The molecule has 2 heterocycles. The topological polar surface area (TPSA) is 64.4 Å². The number of nitrogens with zero attached hydrogens (tertiary/aromatic N) is 1. The van der Waals surface area contributed by atoms with Gasteiger partial charge in [-0.1, -0.05) is 11.6 Å². The Hall–Kier alpha value is -1.85. The monoisotopic (exact) mass is 294 g/mol. The van der Waals surface area contributed by atoms with Crippen molar-refractivity contribution >= 4 is 17.5 Å². The number of aryl methyl sites for hydroxylation is 1. The van der Waals surface area contributed by atoms with Gasteiger partial charge >= 0.3 is 0 Å². The number of furan rings is 1. The van der Waals surface area contributed by atoms with E-state index in [0.29, 0.717) is 23.1 Å². The fourth-order valence-corrected chi connectivity index (χ4v) is 1.87. The minimum atomic E-state index is -0.350. The molecule has 0 aliphatic carbocycles. The maximum atomic E-state index is 12.1. The molecular formula is C14H15ClN2O3. The number of carbonyl (C=O) groups excluding carboxylic acids is 1. The van der Waals surface area contributed by atoms with Crippen LogP contribution >= 0.6 is 11.6 Å². The Balaban J connectivity index is 2.11. The number of ether oxygens (including phenoxy) is 1. The number of amides is 1. The summed E-state index contributed by atoms with van der Waals surface area (Å²) >= 11 is 5.69. The summed E-state index contributed by atoms with van der Waals surface area (Å²) in [5, 5.41) is 3.19. The van der Waals surface area contributed by atoms with Gasteiger partial charge in [0.15, 0.2) is 0 Å². The average Bonchev–Trinajstić information content (AvgIpc) is 2.85. The number of pyridine rings is 1. The Labute approximate surface area is 121 Å². The van der Waals surface area contributed by atoms with Crippen LogP contribution in [0.15, 0.2) is 34.9 Å². The van der Waals surface area contributed by atoms with E-state index in [-0.39, 0.29) is 11.9 Å². The first-order chi connectivity index (χ1) is 9.60. The van der Waals surface area contributed by atoms with Crippen LogP contribution in [0, 0.1) is 6.92 Å². The van der Waals surface area contributed by atoms with E-state index in [1.54, 1.807) is 19.2 Å². The molecule has 1 amide bonds. The van der Waals surface area contributed by atoms with E-state index in [1.807, 2.05) is 19.1 Å². The molecule has 6 heteroatoms. The maximum absolute atomic E-state index is 12.1. The van der Waals surface area contributed by atoms with Crippen molar-refractivity contribution in [3.05, 3.63) is 52.7 Å². The van der Waals surface area contributed by atoms with Gasteiger partial charge in [0.1, 0.15) is 22.7 Å². The summed E-state index contributed by atoms with van der Waals surface area (Å²) in [7, 11) is 1.57. The molecule has 0 aliphatic rings. The summed E-state index contributed by atoms with van der Waals surface area (Å²) in [6.07, 6.45) is 1.43. The molecule has 0 saturated heterocycles. The van der Waals surface area contributed by atoms with Gasteiger partial charge in [0, 0.05) is 13.3 Å². The highest BCUT2D eigenvalue weighted by molar-refractivity contribution is 6.29. The number of carbonyl (C=O) groups is 1. The standard InChI is InChI=1S/C14H15ClN2O3/c1-9-3-5-12(20-9)11(8-19-2)17-14(18)10-4-6-13(15)16-7-10/h3-7,11H,8H2,1-2H3,(H,17,18)/t11-/m0/s1. The van der Waals surface area contributed by atoms with Crippen molar-refractivity contribution in [3.8, 4) is 0 Å². The van der Waals surface area contributed by atoms with Gasteiger partial charge in [0.05, 0.1) is 12.2 Å². The SMILES string of the molecule is COC[C@H](NC(=O)c1ccc(Cl)nc1)c1ccc(C)o1. The number of halogens is 1. The molecule has 0 unspecified atom stereocenters. The van der Waals surface area contributed by atoms with Crippen LogP contribution < -0.4 is 5.32 Å². The minimum Gasteiger partial charge on any atom is -0.464 e. The number of rotatable bonds is 5. The molecule has 0 radical (unpaired) electrons. The van der Waals surface area contributed by atoms with E-state index >= 15 is 0 Å². The Morgan fingerprint density at radius 3 is 2.80 bits per heavy atom. The van der Waals surface area contributed by atoms with Crippen LogP contribution in [0.3, 0.4) is 0 Å². The lowest BCUT2D eigenvalue weighted by atomic mass is 10.2. The Morgan fingerprint density at radius 2 is 2.25 bits per heavy atom. The van der Waals surface area contributed by atoms with E-state index in [0.717, 1.165) is 5.76 Å². The van der Waals surface area contributed by atoms with E-state index in [2.05, 4.69) is 10.3 Å². The molecule has 2 aromatic heterocycles. The molecule has 0 aromatic carbocycles. The smallest absolute Gasteiger partial charge is 0.253 e. The summed E-state index contributed by atoms with van der Waals surface area (Å²) in [6, 6.07) is 6.49.